The molecule has 0 aliphatic rings. The first-order chi connectivity index (χ1) is 13.8. The van der Waals surface area contributed by atoms with Crippen molar-refractivity contribution in [3.8, 4) is 5.69 Å². The molecule has 1 aromatic heterocycles. The SMILES string of the molecule is CO[C@@](C(=O)O[C@@H](C)c1ccc(-n2ccnc2)cc1)(c1ccccc1)C(F)(F)F. The third-order valence-electron chi connectivity index (χ3n) is 4.62. The highest BCUT2D eigenvalue weighted by Crippen LogP contribution is 2.43. The quantitative estimate of drug-likeness (QED) is 0.565. The van der Waals surface area contributed by atoms with Crippen LogP contribution >= 0.6 is 0 Å². The zero-order chi connectivity index (χ0) is 21.1. The minimum absolute atomic E-state index is 0.345. The van der Waals surface area contributed by atoms with Crippen molar-refractivity contribution in [3.05, 3.63) is 84.4 Å². The van der Waals surface area contributed by atoms with Gasteiger partial charge in [0.2, 0.25) is 0 Å². The number of benzene rings is 2. The molecule has 0 aliphatic heterocycles. The van der Waals surface area contributed by atoms with Crippen LogP contribution in [0.4, 0.5) is 13.2 Å². The fourth-order valence-corrected chi connectivity index (χ4v) is 3.03. The van der Waals surface area contributed by atoms with Gasteiger partial charge in [0, 0.05) is 30.8 Å². The normalized spacial score (nSPS) is 14.8. The van der Waals surface area contributed by atoms with Crippen LogP contribution < -0.4 is 0 Å². The van der Waals surface area contributed by atoms with E-state index in [1.54, 1.807) is 53.6 Å². The monoisotopic (exact) mass is 404 g/mol. The Labute approximate surface area is 165 Å². The Morgan fingerprint density at radius 1 is 1.07 bits per heavy atom. The highest BCUT2D eigenvalue weighted by Gasteiger charge is 2.64. The predicted molar refractivity (Wildman–Crippen MR) is 99.3 cm³/mol. The second kappa shape index (κ2) is 8.08. The minimum atomic E-state index is -5.01. The summed E-state index contributed by atoms with van der Waals surface area (Å²) >= 11 is 0. The molecule has 3 rings (SSSR count). The van der Waals surface area contributed by atoms with Crippen molar-refractivity contribution in [2.24, 2.45) is 0 Å². The molecule has 2 atom stereocenters. The van der Waals surface area contributed by atoms with Crippen molar-refractivity contribution < 1.29 is 27.4 Å². The number of hydrogen-bond donors (Lipinski definition) is 0. The second-order valence-corrected chi connectivity index (χ2v) is 6.36. The molecule has 2 aromatic carbocycles. The van der Waals surface area contributed by atoms with E-state index in [1.165, 1.54) is 31.2 Å². The van der Waals surface area contributed by atoms with Crippen molar-refractivity contribution in [1.82, 2.24) is 9.55 Å². The van der Waals surface area contributed by atoms with E-state index in [-0.39, 0.29) is 5.56 Å². The van der Waals surface area contributed by atoms with Gasteiger partial charge in [-0.1, -0.05) is 42.5 Å². The van der Waals surface area contributed by atoms with Crippen LogP contribution in [0.2, 0.25) is 0 Å². The summed E-state index contributed by atoms with van der Waals surface area (Å²) in [6, 6.07) is 13.6. The van der Waals surface area contributed by atoms with E-state index in [1.807, 2.05) is 0 Å². The van der Waals surface area contributed by atoms with Crippen LogP contribution in [-0.4, -0.2) is 28.8 Å². The Morgan fingerprint density at radius 2 is 1.72 bits per heavy atom. The Hall–Kier alpha value is -3.13. The van der Waals surface area contributed by atoms with E-state index in [9.17, 15) is 18.0 Å². The van der Waals surface area contributed by atoms with E-state index >= 15 is 0 Å². The molecule has 0 amide bonds. The van der Waals surface area contributed by atoms with E-state index < -0.39 is 23.9 Å². The molecule has 0 radical (unpaired) electrons. The smallest absolute Gasteiger partial charge is 0.432 e. The number of ether oxygens (including phenoxy) is 2. The van der Waals surface area contributed by atoms with Crippen LogP contribution in [0.3, 0.4) is 0 Å². The predicted octanol–water partition coefficient (Wildman–Crippen LogP) is 4.58. The summed E-state index contributed by atoms with van der Waals surface area (Å²) in [6.07, 6.45) is -0.919. The molecule has 0 aliphatic carbocycles. The van der Waals surface area contributed by atoms with Crippen LogP contribution in [0.15, 0.2) is 73.3 Å². The van der Waals surface area contributed by atoms with Crippen molar-refractivity contribution in [2.75, 3.05) is 7.11 Å². The number of rotatable bonds is 6. The summed E-state index contributed by atoms with van der Waals surface area (Å²) < 4.78 is 53.5. The van der Waals surface area contributed by atoms with Gasteiger partial charge in [-0.3, -0.25) is 0 Å². The first-order valence-corrected chi connectivity index (χ1v) is 8.76. The minimum Gasteiger partial charge on any atom is -0.455 e. The molecule has 0 spiro atoms. The highest BCUT2D eigenvalue weighted by atomic mass is 19.4. The second-order valence-electron chi connectivity index (χ2n) is 6.36. The molecule has 29 heavy (non-hydrogen) atoms. The maximum absolute atomic E-state index is 13.9. The van der Waals surface area contributed by atoms with Gasteiger partial charge >= 0.3 is 12.1 Å². The summed E-state index contributed by atoms with van der Waals surface area (Å²) in [5, 5.41) is 0. The lowest BCUT2D eigenvalue weighted by molar-refractivity contribution is -0.278. The van der Waals surface area contributed by atoms with Crippen molar-refractivity contribution in [3.63, 3.8) is 0 Å². The van der Waals surface area contributed by atoms with Gasteiger partial charge < -0.3 is 14.0 Å². The topological polar surface area (TPSA) is 53.4 Å². The third-order valence-corrected chi connectivity index (χ3v) is 4.62. The summed E-state index contributed by atoms with van der Waals surface area (Å²) in [4.78, 5) is 16.7. The van der Waals surface area contributed by atoms with Gasteiger partial charge in [-0.05, 0) is 24.6 Å². The van der Waals surface area contributed by atoms with Crippen molar-refractivity contribution >= 4 is 5.97 Å². The molecular formula is C21H19F3N2O3. The Kier molecular flexibility index (Phi) is 5.74. The molecule has 0 unspecified atom stereocenters. The number of carbonyl (C=O) groups excluding carboxylic acids is 1. The molecule has 0 bridgehead atoms. The van der Waals surface area contributed by atoms with E-state index in [4.69, 9.17) is 9.47 Å². The molecule has 0 saturated carbocycles. The average molecular weight is 404 g/mol. The van der Waals surface area contributed by atoms with E-state index in [0.29, 0.717) is 5.56 Å². The number of alkyl halides is 3. The van der Waals surface area contributed by atoms with E-state index in [0.717, 1.165) is 12.8 Å². The first kappa shape index (κ1) is 20.6. The van der Waals surface area contributed by atoms with Gasteiger partial charge in [-0.2, -0.15) is 13.2 Å². The molecule has 3 aromatic rings. The number of imidazole rings is 1. The van der Waals surface area contributed by atoms with Gasteiger partial charge in [0.1, 0.15) is 6.10 Å². The lowest BCUT2D eigenvalue weighted by Crippen LogP contribution is -2.51. The standard InChI is InChI=1S/C21H19F3N2O3/c1-15(16-8-10-18(11-9-16)26-13-12-25-14-26)29-19(27)20(28-2,21(22,23)24)17-6-4-3-5-7-17/h3-15H,1-2H3/t15-,20+/m0/s1. The number of nitrogens with zero attached hydrogens (tertiary/aromatic N) is 2. The van der Waals surface area contributed by atoms with Crippen molar-refractivity contribution in [1.29, 1.82) is 0 Å². The zero-order valence-corrected chi connectivity index (χ0v) is 15.8. The number of esters is 1. The maximum atomic E-state index is 13.9. The molecule has 0 N–H and O–H groups in total. The Balaban J connectivity index is 1.86. The number of aromatic nitrogens is 2. The molecule has 5 nitrogen and oxygen atoms in total. The molecule has 0 saturated heterocycles. The molecule has 1 heterocycles. The molecule has 8 heteroatoms. The summed E-state index contributed by atoms with van der Waals surface area (Å²) in [5.74, 6) is -1.52. The fraction of sp³-hybridized carbons (Fsp3) is 0.238. The number of hydrogen-bond acceptors (Lipinski definition) is 4. The van der Waals surface area contributed by atoms with E-state index in [2.05, 4.69) is 4.98 Å². The highest BCUT2D eigenvalue weighted by molar-refractivity contribution is 5.83. The van der Waals surface area contributed by atoms with Gasteiger partial charge in [-0.25, -0.2) is 9.78 Å². The first-order valence-electron chi connectivity index (χ1n) is 8.76. The Bertz CT molecular complexity index is 942. The Morgan fingerprint density at radius 3 is 2.24 bits per heavy atom. The molecule has 0 fully saturated rings. The average Bonchev–Trinajstić information content (AvgIpc) is 3.23. The number of methoxy groups -OCH3 is 1. The fourth-order valence-electron chi connectivity index (χ4n) is 3.03. The largest absolute Gasteiger partial charge is 0.455 e. The number of halogens is 3. The van der Waals surface area contributed by atoms with Crippen LogP contribution in [0, 0.1) is 0 Å². The van der Waals surface area contributed by atoms with Gasteiger partial charge in [-0.15, -0.1) is 0 Å². The lowest BCUT2D eigenvalue weighted by atomic mass is 9.92. The van der Waals surface area contributed by atoms with Crippen LogP contribution in [0.25, 0.3) is 5.69 Å². The van der Waals surface area contributed by atoms with Gasteiger partial charge in [0.05, 0.1) is 6.33 Å². The third kappa shape index (κ3) is 3.88. The molecular weight excluding hydrogens is 385 g/mol. The van der Waals surface area contributed by atoms with Crippen LogP contribution in [0.5, 0.6) is 0 Å². The number of carbonyl (C=O) groups is 1. The van der Waals surface area contributed by atoms with Crippen molar-refractivity contribution in [2.45, 2.75) is 24.8 Å². The lowest BCUT2D eigenvalue weighted by Gasteiger charge is -2.33. The van der Waals surface area contributed by atoms with Crippen LogP contribution in [0.1, 0.15) is 24.2 Å². The molecule has 152 valence electrons. The summed E-state index contributed by atoms with van der Waals surface area (Å²) in [5.41, 5.74) is -2.19. The van der Waals surface area contributed by atoms with Gasteiger partial charge in [0.15, 0.2) is 0 Å². The zero-order valence-electron chi connectivity index (χ0n) is 15.8. The van der Waals surface area contributed by atoms with Crippen LogP contribution in [-0.2, 0) is 19.9 Å². The maximum Gasteiger partial charge on any atom is 0.432 e. The summed E-state index contributed by atoms with van der Waals surface area (Å²) in [7, 11) is 0.840. The van der Waals surface area contributed by atoms with Gasteiger partial charge in [0.25, 0.3) is 5.60 Å². The summed E-state index contributed by atoms with van der Waals surface area (Å²) in [6.45, 7) is 1.51.